The molecule has 0 heterocycles. The summed E-state index contributed by atoms with van der Waals surface area (Å²) >= 11 is 0. The molecule has 0 aliphatic heterocycles. The smallest absolute Gasteiger partial charge is 0.137 e. The van der Waals surface area contributed by atoms with E-state index in [0.717, 1.165) is 6.29 Å². The monoisotopic (exact) mass is 220 g/mol. The van der Waals surface area contributed by atoms with Crippen molar-refractivity contribution >= 4 is 12.1 Å². The van der Waals surface area contributed by atoms with Gasteiger partial charge in [-0.25, -0.2) is 0 Å². The van der Waals surface area contributed by atoms with E-state index in [9.17, 15) is 9.59 Å². The molecule has 4 nitrogen and oxygen atoms in total. The highest BCUT2D eigenvalue weighted by atomic mass is 16.1. The van der Waals surface area contributed by atoms with Crippen LogP contribution in [-0.4, -0.2) is 12.1 Å². The fourth-order valence-electron chi connectivity index (χ4n) is 1.77. The van der Waals surface area contributed by atoms with Crippen molar-refractivity contribution < 1.29 is 9.59 Å². The Bertz CT molecular complexity index is 338. The Hall–Kier alpha value is -1.68. The van der Waals surface area contributed by atoms with Crippen molar-refractivity contribution in [1.29, 1.82) is 10.5 Å². The van der Waals surface area contributed by atoms with E-state index < -0.39 is 5.41 Å². The van der Waals surface area contributed by atoms with E-state index in [1.165, 1.54) is 6.92 Å². The van der Waals surface area contributed by atoms with Crippen molar-refractivity contribution in [3.05, 3.63) is 0 Å². The van der Waals surface area contributed by atoms with E-state index in [1.54, 1.807) is 6.92 Å². The van der Waals surface area contributed by atoms with Gasteiger partial charge in [-0.1, -0.05) is 6.92 Å². The standard InChI is InChI=1S/C12H16N2O2/c1-10(16)12(2,6-8-14)11(5-9-15)4-3-7-13/h9,11H,3-6H2,1-2H3/t11-,12+/m0/s1. The van der Waals surface area contributed by atoms with Crippen LogP contribution in [0.5, 0.6) is 0 Å². The first kappa shape index (κ1) is 14.3. The summed E-state index contributed by atoms with van der Waals surface area (Å²) in [6, 6.07) is 3.98. The Morgan fingerprint density at radius 2 is 2.06 bits per heavy atom. The number of hydrogen-bond acceptors (Lipinski definition) is 4. The van der Waals surface area contributed by atoms with E-state index in [0.29, 0.717) is 12.8 Å². The van der Waals surface area contributed by atoms with Crippen molar-refractivity contribution in [2.24, 2.45) is 11.3 Å². The number of ketones is 1. The maximum atomic E-state index is 11.6. The summed E-state index contributed by atoms with van der Waals surface area (Å²) in [5.74, 6) is -0.319. The number of carbonyl (C=O) groups is 2. The Morgan fingerprint density at radius 3 is 2.44 bits per heavy atom. The number of hydrogen-bond donors (Lipinski definition) is 0. The first-order valence-corrected chi connectivity index (χ1v) is 5.21. The van der Waals surface area contributed by atoms with Gasteiger partial charge in [-0.15, -0.1) is 0 Å². The predicted octanol–water partition coefficient (Wildman–Crippen LogP) is 2.00. The molecule has 16 heavy (non-hydrogen) atoms. The van der Waals surface area contributed by atoms with Crippen LogP contribution in [0.2, 0.25) is 0 Å². The van der Waals surface area contributed by atoms with Gasteiger partial charge in [0.2, 0.25) is 0 Å². The third kappa shape index (κ3) is 3.47. The van der Waals surface area contributed by atoms with Gasteiger partial charge in [0, 0.05) is 24.7 Å². The minimum Gasteiger partial charge on any atom is -0.303 e. The van der Waals surface area contributed by atoms with Gasteiger partial charge in [-0.2, -0.15) is 10.5 Å². The largest absolute Gasteiger partial charge is 0.303 e. The number of Topliss-reactive ketones (excluding diaryl/α,β-unsaturated/α-hetero) is 1. The van der Waals surface area contributed by atoms with Crippen LogP contribution in [0.25, 0.3) is 0 Å². The lowest BCUT2D eigenvalue weighted by Gasteiger charge is -2.32. The van der Waals surface area contributed by atoms with Crippen LogP contribution < -0.4 is 0 Å². The van der Waals surface area contributed by atoms with Crippen molar-refractivity contribution in [3.8, 4) is 12.1 Å². The Morgan fingerprint density at radius 1 is 1.44 bits per heavy atom. The number of nitrogens with zero attached hydrogens (tertiary/aromatic N) is 2. The molecular weight excluding hydrogens is 204 g/mol. The van der Waals surface area contributed by atoms with Crippen LogP contribution >= 0.6 is 0 Å². The number of nitriles is 2. The molecule has 0 aromatic rings. The van der Waals surface area contributed by atoms with E-state index in [4.69, 9.17) is 10.5 Å². The lowest BCUT2D eigenvalue weighted by Crippen LogP contribution is -2.34. The molecule has 0 radical (unpaired) electrons. The average molecular weight is 220 g/mol. The maximum Gasteiger partial charge on any atom is 0.137 e. The molecule has 0 aliphatic rings. The Balaban J connectivity index is 4.95. The van der Waals surface area contributed by atoms with Crippen LogP contribution in [0, 0.1) is 34.0 Å². The highest BCUT2D eigenvalue weighted by Gasteiger charge is 2.37. The molecule has 0 N–H and O–H groups in total. The minimum atomic E-state index is -0.813. The molecule has 0 unspecified atom stereocenters. The van der Waals surface area contributed by atoms with E-state index in [-0.39, 0.29) is 24.5 Å². The second kappa shape index (κ2) is 6.74. The molecule has 0 bridgehead atoms. The molecule has 0 spiro atoms. The molecule has 0 rings (SSSR count). The van der Waals surface area contributed by atoms with Crippen molar-refractivity contribution in [2.45, 2.75) is 39.5 Å². The summed E-state index contributed by atoms with van der Waals surface area (Å²) in [5.41, 5.74) is -0.813. The van der Waals surface area contributed by atoms with Crippen molar-refractivity contribution in [1.82, 2.24) is 0 Å². The number of carbonyl (C=O) groups excluding carboxylic acids is 2. The second-order valence-electron chi connectivity index (χ2n) is 4.10. The van der Waals surface area contributed by atoms with Gasteiger partial charge >= 0.3 is 0 Å². The molecule has 0 fully saturated rings. The van der Waals surface area contributed by atoms with Gasteiger partial charge in [-0.05, 0) is 19.3 Å². The molecule has 4 heteroatoms. The first-order chi connectivity index (χ1) is 7.52. The summed E-state index contributed by atoms with van der Waals surface area (Å²) in [6.07, 6.45) is 1.84. The topological polar surface area (TPSA) is 81.7 Å². The van der Waals surface area contributed by atoms with Gasteiger partial charge in [-0.3, -0.25) is 4.79 Å². The molecule has 2 atom stereocenters. The van der Waals surface area contributed by atoms with E-state index in [2.05, 4.69) is 0 Å². The normalized spacial score (nSPS) is 15.2. The highest BCUT2D eigenvalue weighted by Crippen LogP contribution is 2.37. The van der Waals surface area contributed by atoms with Gasteiger partial charge in [0.25, 0.3) is 0 Å². The van der Waals surface area contributed by atoms with Gasteiger partial charge in [0.15, 0.2) is 0 Å². The van der Waals surface area contributed by atoms with Gasteiger partial charge in [0.1, 0.15) is 12.1 Å². The highest BCUT2D eigenvalue weighted by molar-refractivity contribution is 5.83. The van der Waals surface area contributed by atoms with Gasteiger partial charge in [0.05, 0.1) is 12.1 Å². The lowest BCUT2D eigenvalue weighted by molar-refractivity contribution is -0.129. The lowest BCUT2D eigenvalue weighted by atomic mass is 9.69. The zero-order valence-corrected chi connectivity index (χ0v) is 9.69. The van der Waals surface area contributed by atoms with Crippen molar-refractivity contribution in [3.63, 3.8) is 0 Å². The van der Waals surface area contributed by atoms with E-state index in [1.807, 2.05) is 12.1 Å². The third-order valence-corrected chi connectivity index (χ3v) is 3.14. The molecule has 0 amide bonds. The zero-order chi connectivity index (χ0) is 12.6. The summed E-state index contributed by atoms with van der Waals surface area (Å²) in [6.45, 7) is 3.13. The molecular formula is C12H16N2O2. The maximum absolute atomic E-state index is 11.6. The van der Waals surface area contributed by atoms with Crippen molar-refractivity contribution in [2.75, 3.05) is 0 Å². The number of rotatable bonds is 7. The molecule has 0 aromatic carbocycles. The fraction of sp³-hybridized carbons (Fsp3) is 0.667. The second-order valence-corrected chi connectivity index (χ2v) is 4.10. The summed E-state index contributed by atoms with van der Waals surface area (Å²) < 4.78 is 0. The fourth-order valence-corrected chi connectivity index (χ4v) is 1.77. The van der Waals surface area contributed by atoms with Crippen LogP contribution in [0.1, 0.15) is 39.5 Å². The average Bonchev–Trinajstić information content (AvgIpc) is 2.24. The summed E-state index contributed by atoms with van der Waals surface area (Å²) in [4.78, 5) is 22.2. The molecule has 86 valence electrons. The minimum absolute atomic E-state index is 0.0896. The third-order valence-electron chi connectivity index (χ3n) is 3.14. The molecule has 0 saturated heterocycles. The Labute approximate surface area is 95.9 Å². The van der Waals surface area contributed by atoms with Crippen LogP contribution in [0.15, 0.2) is 0 Å². The molecule has 0 saturated carbocycles. The molecule has 0 aliphatic carbocycles. The van der Waals surface area contributed by atoms with Crippen LogP contribution in [0.4, 0.5) is 0 Å². The van der Waals surface area contributed by atoms with E-state index >= 15 is 0 Å². The quantitative estimate of drug-likeness (QED) is 0.614. The molecule has 0 aromatic heterocycles. The SMILES string of the molecule is CC(=O)[C@@](C)(CC#N)[C@H](CC=O)CCC#N. The predicted molar refractivity (Wildman–Crippen MR) is 58.0 cm³/mol. The van der Waals surface area contributed by atoms with Crippen LogP contribution in [-0.2, 0) is 9.59 Å². The number of aldehydes is 1. The van der Waals surface area contributed by atoms with Crippen LogP contribution in [0.3, 0.4) is 0 Å². The first-order valence-electron chi connectivity index (χ1n) is 5.21. The zero-order valence-electron chi connectivity index (χ0n) is 9.69. The Kier molecular flexibility index (Phi) is 6.03. The summed E-state index contributed by atoms with van der Waals surface area (Å²) in [7, 11) is 0. The van der Waals surface area contributed by atoms with Gasteiger partial charge < -0.3 is 4.79 Å². The summed E-state index contributed by atoms with van der Waals surface area (Å²) in [5, 5.41) is 17.3.